The molecule has 0 spiro atoms. The quantitative estimate of drug-likeness (QED) is 0.399. The molecule has 0 saturated carbocycles. The number of aromatic nitrogens is 1. The van der Waals surface area contributed by atoms with E-state index in [1.165, 1.54) is 0 Å². The van der Waals surface area contributed by atoms with Gasteiger partial charge in [0, 0.05) is 0 Å². The summed E-state index contributed by atoms with van der Waals surface area (Å²) in [4.78, 5) is 19.0. The summed E-state index contributed by atoms with van der Waals surface area (Å²) in [6, 6.07) is 0. The molecule has 0 amide bonds. The minimum Gasteiger partial charge on any atom is -0.464 e. The van der Waals surface area contributed by atoms with Crippen molar-refractivity contribution in [2.24, 2.45) is 5.16 Å². The zero-order chi connectivity index (χ0) is 14.6. The first-order valence-electron chi connectivity index (χ1n) is 4.96. The van der Waals surface area contributed by atoms with E-state index < -0.39 is 23.5 Å². The monoisotopic (exact) mass is 309 g/mol. The van der Waals surface area contributed by atoms with Crippen LogP contribution >= 0.6 is 23.2 Å². The summed E-state index contributed by atoms with van der Waals surface area (Å²) in [5.41, 5.74) is 5.75. The van der Waals surface area contributed by atoms with Gasteiger partial charge in [-0.2, -0.15) is 9.37 Å². The molecule has 0 aliphatic heterocycles. The number of hydrogen-bond donors (Lipinski definition) is 1. The predicted octanol–water partition coefficient (Wildman–Crippen LogP) is 2.43. The fourth-order valence-electron chi connectivity index (χ4n) is 0.901. The number of pyridine rings is 1. The maximum Gasteiger partial charge on any atom is 0.372 e. The van der Waals surface area contributed by atoms with E-state index >= 15 is 0 Å². The van der Waals surface area contributed by atoms with E-state index in [0.717, 1.165) is 0 Å². The highest BCUT2D eigenvalue weighted by Crippen LogP contribution is 2.35. The van der Waals surface area contributed by atoms with Gasteiger partial charge in [0.05, 0.1) is 11.4 Å². The van der Waals surface area contributed by atoms with Gasteiger partial charge in [-0.25, -0.2) is 4.79 Å². The van der Waals surface area contributed by atoms with Crippen molar-refractivity contribution in [3.63, 3.8) is 0 Å². The number of carbonyl (C=O) groups is 1. The Morgan fingerprint density at radius 1 is 1.42 bits per heavy atom. The zero-order valence-corrected chi connectivity index (χ0v) is 11.5. The van der Waals surface area contributed by atoms with Gasteiger partial charge in [0.2, 0.25) is 11.8 Å². The number of hydrogen-bond acceptors (Lipinski definition) is 6. The summed E-state index contributed by atoms with van der Waals surface area (Å²) in [6.45, 7) is 2.73. The van der Waals surface area contributed by atoms with Gasteiger partial charge in [0.25, 0.3) is 0 Å². The number of carbonyl (C=O) groups excluding carboxylic acids is 1. The fourth-order valence-corrected chi connectivity index (χ4v) is 1.28. The lowest BCUT2D eigenvalue weighted by molar-refractivity contribution is -0.146. The molecule has 2 N–H and O–H groups in total. The molecule has 19 heavy (non-hydrogen) atoms. The Balaban J connectivity index is 2.74. The number of nitrogens with zero attached hydrogens (tertiary/aromatic N) is 2. The lowest BCUT2D eigenvalue weighted by Crippen LogP contribution is -2.14. The highest BCUT2D eigenvalue weighted by molar-refractivity contribution is 6.39. The second-order valence-electron chi connectivity index (χ2n) is 3.54. The topological polar surface area (TPSA) is 86.8 Å². The molecule has 0 aromatic carbocycles. The van der Waals surface area contributed by atoms with E-state index in [1.54, 1.807) is 13.8 Å². The first kappa shape index (κ1) is 15.5. The first-order chi connectivity index (χ1) is 8.82. The number of ether oxygens (including phenoxy) is 1. The molecule has 1 aromatic rings. The van der Waals surface area contributed by atoms with Gasteiger partial charge in [0.1, 0.15) is 10.0 Å². The Labute approximate surface area is 118 Å². The minimum absolute atomic E-state index is 0.186. The van der Waals surface area contributed by atoms with Crippen LogP contribution in [0.15, 0.2) is 5.16 Å². The lowest BCUT2D eigenvalue weighted by atomic mass is 10.4. The van der Waals surface area contributed by atoms with E-state index in [9.17, 15) is 9.18 Å². The Kier molecular flexibility index (Phi) is 5.31. The van der Waals surface area contributed by atoms with Gasteiger partial charge < -0.3 is 15.3 Å². The second kappa shape index (κ2) is 6.53. The van der Waals surface area contributed by atoms with Crippen molar-refractivity contribution in [3.05, 3.63) is 16.0 Å². The van der Waals surface area contributed by atoms with Crippen LogP contribution in [0.4, 0.5) is 10.1 Å². The molecule has 0 fully saturated rings. The maximum absolute atomic E-state index is 13.2. The van der Waals surface area contributed by atoms with Gasteiger partial charge in [0.15, 0.2) is 6.61 Å². The van der Waals surface area contributed by atoms with Crippen molar-refractivity contribution >= 4 is 40.6 Å². The molecule has 0 bridgehead atoms. The standard InChI is InChI=1S/C10H10Cl2FN3O3/c1-4(2)16-19-5(17)3-18-10-7(12)8(14)6(11)9(13)15-10/h3H2,1-2H3,(H2,14,15). The number of nitrogen functional groups attached to an aromatic ring is 1. The average Bonchev–Trinajstić information content (AvgIpc) is 2.36. The van der Waals surface area contributed by atoms with Crippen LogP contribution in [0, 0.1) is 5.95 Å². The van der Waals surface area contributed by atoms with Crippen molar-refractivity contribution in [2.75, 3.05) is 12.3 Å². The highest BCUT2D eigenvalue weighted by atomic mass is 35.5. The van der Waals surface area contributed by atoms with Crippen LogP contribution in [0.1, 0.15) is 13.8 Å². The molecule has 1 aromatic heterocycles. The molecule has 0 aliphatic carbocycles. The van der Waals surface area contributed by atoms with Crippen LogP contribution in [-0.2, 0) is 9.63 Å². The summed E-state index contributed by atoms with van der Waals surface area (Å²) in [6.07, 6.45) is 0. The Morgan fingerprint density at radius 2 is 2.05 bits per heavy atom. The number of rotatable bonds is 4. The van der Waals surface area contributed by atoms with Gasteiger partial charge in [-0.15, -0.1) is 0 Å². The zero-order valence-electron chi connectivity index (χ0n) is 10.0. The Hall–Kier alpha value is -1.60. The third-order valence-corrected chi connectivity index (χ3v) is 2.42. The number of halogens is 3. The molecule has 104 valence electrons. The third kappa shape index (κ3) is 4.22. The number of anilines is 1. The van der Waals surface area contributed by atoms with E-state index in [2.05, 4.69) is 15.0 Å². The summed E-state index contributed by atoms with van der Waals surface area (Å²) < 4.78 is 18.1. The predicted molar refractivity (Wildman–Crippen MR) is 69.0 cm³/mol. The average molecular weight is 310 g/mol. The molecule has 0 unspecified atom stereocenters. The summed E-state index contributed by atoms with van der Waals surface area (Å²) in [5, 5.41) is 2.83. The van der Waals surface area contributed by atoms with Gasteiger partial charge >= 0.3 is 5.97 Å². The van der Waals surface area contributed by atoms with Crippen molar-refractivity contribution in [1.29, 1.82) is 0 Å². The summed E-state index contributed by atoms with van der Waals surface area (Å²) in [7, 11) is 0. The van der Waals surface area contributed by atoms with Crippen LogP contribution in [0.25, 0.3) is 0 Å². The number of nitrogens with two attached hydrogens (primary N) is 1. The van der Waals surface area contributed by atoms with E-state index in [-0.39, 0.29) is 16.6 Å². The molecule has 1 rings (SSSR count). The summed E-state index contributed by atoms with van der Waals surface area (Å²) >= 11 is 11.2. The molecule has 0 atom stereocenters. The van der Waals surface area contributed by atoms with E-state index in [4.69, 9.17) is 33.7 Å². The second-order valence-corrected chi connectivity index (χ2v) is 4.30. The molecule has 6 nitrogen and oxygen atoms in total. The molecule has 0 saturated heterocycles. The molecule has 0 aliphatic rings. The summed E-state index contributed by atoms with van der Waals surface area (Å²) in [5.74, 6) is -2.20. The van der Waals surface area contributed by atoms with Crippen molar-refractivity contribution in [2.45, 2.75) is 13.8 Å². The van der Waals surface area contributed by atoms with Crippen LogP contribution in [0.2, 0.25) is 10.0 Å². The molecule has 0 radical (unpaired) electrons. The van der Waals surface area contributed by atoms with Gasteiger partial charge in [-0.1, -0.05) is 28.4 Å². The van der Waals surface area contributed by atoms with Gasteiger partial charge in [-0.05, 0) is 13.8 Å². The van der Waals surface area contributed by atoms with E-state index in [1.807, 2.05) is 0 Å². The SMILES string of the molecule is CC(C)=NOC(=O)COc1nc(F)c(Cl)c(N)c1Cl. The first-order valence-corrected chi connectivity index (χ1v) is 5.72. The Morgan fingerprint density at radius 3 is 2.63 bits per heavy atom. The maximum atomic E-state index is 13.2. The normalized spacial score (nSPS) is 9.95. The third-order valence-electron chi connectivity index (χ3n) is 1.70. The lowest BCUT2D eigenvalue weighted by Gasteiger charge is -2.08. The van der Waals surface area contributed by atoms with Crippen molar-refractivity contribution in [1.82, 2.24) is 4.98 Å². The van der Waals surface area contributed by atoms with Crippen LogP contribution < -0.4 is 10.5 Å². The molecular formula is C10H10Cl2FN3O3. The van der Waals surface area contributed by atoms with Crippen LogP contribution in [-0.4, -0.2) is 23.3 Å². The molecular weight excluding hydrogens is 300 g/mol. The van der Waals surface area contributed by atoms with Gasteiger partial charge in [-0.3, -0.25) is 0 Å². The molecule has 1 heterocycles. The molecule has 9 heteroatoms. The van der Waals surface area contributed by atoms with E-state index in [0.29, 0.717) is 5.71 Å². The largest absolute Gasteiger partial charge is 0.464 e. The minimum atomic E-state index is -1.05. The highest BCUT2D eigenvalue weighted by Gasteiger charge is 2.17. The van der Waals surface area contributed by atoms with Crippen LogP contribution in [0.5, 0.6) is 5.88 Å². The Bertz CT molecular complexity index is 533. The smallest absolute Gasteiger partial charge is 0.372 e. The van der Waals surface area contributed by atoms with Crippen molar-refractivity contribution in [3.8, 4) is 5.88 Å². The number of oxime groups is 1. The fraction of sp³-hybridized carbons (Fsp3) is 0.300. The van der Waals surface area contributed by atoms with Crippen molar-refractivity contribution < 1.29 is 18.8 Å². The van der Waals surface area contributed by atoms with Crippen LogP contribution in [0.3, 0.4) is 0 Å².